The van der Waals surface area contributed by atoms with Crippen LogP contribution in [-0.2, 0) is 16.0 Å². The standard InChI is InChI=1S/C17H17F3N2O3/c1-10-12(11-4-2-3-5-13(11)21-10)8-14(23)22-7-6-16(9-22,15(24)25)17(18,19)20/h2-5,21H,6-9H2,1H3,(H,24,25). The minimum atomic E-state index is -4.90. The molecule has 1 fully saturated rings. The van der Waals surface area contributed by atoms with E-state index in [9.17, 15) is 22.8 Å². The number of aryl methyl sites for hydroxylation is 1. The Balaban J connectivity index is 1.83. The Morgan fingerprint density at radius 2 is 2.00 bits per heavy atom. The molecule has 2 heterocycles. The van der Waals surface area contributed by atoms with Gasteiger partial charge in [0.15, 0.2) is 5.41 Å². The topological polar surface area (TPSA) is 73.4 Å². The predicted octanol–water partition coefficient (Wildman–Crippen LogP) is 2.88. The van der Waals surface area contributed by atoms with E-state index in [0.29, 0.717) is 0 Å². The van der Waals surface area contributed by atoms with Gasteiger partial charge in [-0.3, -0.25) is 9.59 Å². The Kier molecular flexibility index (Phi) is 4.01. The minimum Gasteiger partial charge on any atom is -0.481 e. The number of benzene rings is 1. The number of halogens is 3. The van der Waals surface area contributed by atoms with Gasteiger partial charge in [0.25, 0.3) is 0 Å². The number of rotatable bonds is 3. The van der Waals surface area contributed by atoms with Crippen LogP contribution in [0.2, 0.25) is 0 Å². The Bertz CT molecular complexity index is 843. The Morgan fingerprint density at radius 1 is 1.32 bits per heavy atom. The van der Waals surface area contributed by atoms with Crippen LogP contribution >= 0.6 is 0 Å². The molecule has 134 valence electrons. The molecule has 1 aliphatic heterocycles. The smallest absolute Gasteiger partial charge is 0.406 e. The van der Waals surface area contributed by atoms with Gasteiger partial charge < -0.3 is 15.0 Å². The number of aromatic nitrogens is 1. The summed E-state index contributed by atoms with van der Waals surface area (Å²) >= 11 is 0. The number of alkyl halides is 3. The quantitative estimate of drug-likeness (QED) is 0.890. The molecular weight excluding hydrogens is 337 g/mol. The van der Waals surface area contributed by atoms with Crippen molar-refractivity contribution in [3.05, 3.63) is 35.5 Å². The molecule has 0 aliphatic carbocycles. The summed E-state index contributed by atoms with van der Waals surface area (Å²) < 4.78 is 39.7. The largest absolute Gasteiger partial charge is 0.481 e. The second kappa shape index (κ2) is 5.79. The Morgan fingerprint density at radius 3 is 2.60 bits per heavy atom. The molecule has 2 N–H and O–H groups in total. The van der Waals surface area contributed by atoms with Crippen LogP contribution in [0.5, 0.6) is 0 Å². The number of carbonyl (C=O) groups is 2. The van der Waals surface area contributed by atoms with E-state index in [-0.39, 0.29) is 13.0 Å². The molecule has 8 heteroatoms. The van der Waals surface area contributed by atoms with Crippen LogP contribution < -0.4 is 0 Å². The van der Waals surface area contributed by atoms with Crippen LogP contribution in [-0.4, -0.2) is 46.1 Å². The van der Waals surface area contributed by atoms with E-state index < -0.39 is 36.4 Å². The van der Waals surface area contributed by atoms with E-state index in [4.69, 9.17) is 5.11 Å². The zero-order chi connectivity index (χ0) is 18.4. The molecule has 0 bridgehead atoms. The molecule has 1 saturated heterocycles. The van der Waals surface area contributed by atoms with Crippen molar-refractivity contribution in [2.24, 2.45) is 5.41 Å². The van der Waals surface area contributed by atoms with Gasteiger partial charge >= 0.3 is 12.1 Å². The fraction of sp³-hybridized carbons (Fsp3) is 0.412. The maximum absolute atomic E-state index is 13.2. The molecule has 3 rings (SSSR count). The number of amides is 1. The van der Waals surface area contributed by atoms with E-state index >= 15 is 0 Å². The van der Waals surface area contributed by atoms with Crippen molar-refractivity contribution in [3.63, 3.8) is 0 Å². The zero-order valence-electron chi connectivity index (χ0n) is 13.5. The average molecular weight is 354 g/mol. The van der Waals surface area contributed by atoms with Crippen molar-refractivity contribution < 1.29 is 27.9 Å². The lowest BCUT2D eigenvalue weighted by Crippen LogP contribution is -2.47. The number of para-hydroxylation sites is 1. The molecule has 2 aromatic rings. The zero-order valence-corrected chi connectivity index (χ0v) is 13.5. The van der Waals surface area contributed by atoms with Gasteiger partial charge in [-0.05, 0) is 25.0 Å². The Hall–Kier alpha value is -2.51. The first-order valence-corrected chi connectivity index (χ1v) is 7.80. The number of H-pyrrole nitrogens is 1. The van der Waals surface area contributed by atoms with Gasteiger partial charge in [-0.2, -0.15) is 13.2 Å². The second-order valence-electron chi connectivity index (χ2n) is 6.40. The molecule has 1 aromatic heterocycles. The third-order valence-corrected chi connectivity index (χ3v) is 4.93. The highest BCUT2D eigenvalue weighted by atomic mass is 19.4. The lowest BCUT2D eigenvalue weighted by molar-refractivity contribution is -0.227. The van der Waals surface area contributed by atoms with E-state index in [0.717, 1.165) is 27.1 Å². The van der Waals surface area contributed by atoms with E-state index in [1.165, 1.54) is 0 Å². The van der Waals surface area contributed by atoms with Crippen LogP contribution in [0.4, 0.5) is 13.2 Å². The lowest BCUT2D eigenvalue weighted by Gasteiger charge is -2.27. The third kappa shape index (κ3) is 2.75. The molecule has 25 heavy (non-hydrogen) atoms. The van der Waals surface area contributed by atoms with Gasteiger partial charge in [-0.15, -0.1) is 0 Å². The fourth-order valence-corrected chi connectivity index (χ4v) is 3.38. The summed E-state index contributed by atoms with van der Waals surface area (Å²) in [7, 11) is 0. The highest BCUT2D eigenvalue weighted by Gasteiger charge is 2.64. The number of nitrogens with one attached hydrogen (secondary N) is 1. The van der Waals surface area contributed by atoms with Crippen LogP contribution in [0.15, 0.2) is 24.3 Å². The molecule has 0 spiro atoms. The highest BCUT2D eigenvalue weighted by Crippen LogP contribution is 2.45. The SMILES string of the molecule is Cc1[nH]c2ccccc2c1CC(=O)N1CCC(C(=O)O)(C(F)(F)F)C1. The van der Waals surface area contributed by atoms with Crippen molar-refractivity contribution >= 4 is 22.8 Å². The number of hydrogen-bond donors (Lipinski definition) is 2. The first-order chi connectivity index (χ1) is 11.7. The van der Waals surface area contributed by atoms with Crippen molar-refractivity contribution in [2.75, 3.05) is 13.1 Å². The molecule has 1 unspecified atom stereocenters. The lowest BCUT2D eigenvalue weighted by atomic mass is 9.86. The molecule has 5 nitrogen and oxygen atoms in total. The van der Waals surface area contributed by atoms with Crippen molar-refractivity contribution in [2.45, 2.75) is 25.9 Å². The van der Waals surface area contributed by atoms with Gasteiger partial charge in [0, 0.05) is 29.7 Å². The average Bonchev–Trinajstić information content (AvgIpc) is 3.10. The summed E-state index contributed by atoms with van der Waals surface area (Å²) in [6.45, 7) is 0.738. The van der Waals surface area contributed by atoms with Gasteiger partial charge in [-0.1, -0.05) is 18.2 Å². The van der Waals surface area contributed by atoms with Gasteiger partial charge in [0.05, 0.1) is 6.42 Å². The summed E-state index contributed by atoms with van der Waals surface area (Å²) in [5, 5.41) is 9.92. The number of carboxylic acid groups (broad SMARTS) is 1. The van der Waals surface area contributed by atoms with Gasteiger partial charge in [0.1, 0.15) is 0 Å². The fourth-order valence-electron chi connectivity index (χ4n) is 3.38. The molecule has 0 saturated carbocycles. The molecule has 1 aromatic carbocycles. The first kappa shape index (κ1) is 17.3. The second-order valence-corrected chi connectivity index (χ2v) is 6.40. The normalized spacial score (nSPS) is 21.0. The number of fused-ring (bicyclic) bond motifs is 1. The number of aliphatic carboxylic acids is 1. The number of nitrogens with zero attached hydrogens (tertiary/aromatic N) is 1. The van der Waals surface area contributed by atoms with Crippen molar-refractivity contribution in [3.8, 4) is 0 Å². The molecule has 1 aliphatic rings. The van der Waals surface area contributed by atoms with Crippen LogP contribution in [0, 0.1) is 12.3 Å². The number of carbonyl (C=O) groups excluding carboxylic acids is 1. The summed E-state index contributed by atoms with van der Waals surface area (Å²) in [6, 6.07) is 7.35. The number of hydrogen-bond acceptors (Lipinski definition) is 2. The third-order valence-electron chi connectivity index (χ3n) is 4.93. The highest BCUT2D eigenvalue weighted by molar-refractivity contribution is 5.90. The number of aromatic amines is 1. The maximum atomic E-state index is 13.2. The minimum absolute atomic E-state index is 0.0661. The van der Waals surface area contributed by atoms with Gasteiger partial charge in [0.2, 0.25) is 5.91 Å². The molecule has 1 amide bonds. The van der Waals surface area contributed by atoms with E-state index in [1.807, 2.05) is 24.3 Å². The predicted molar refractivity (Wildman–Crippen MR) is 84.1 cm³/mol. The van der Waals surface area contributed by atoms with E-state index in [2.05, 4.69) is 4.98 Å². The van der Waals surface area contributed by atoms with Crippen LogP contribution in [0.3, 0.4) is 0 Å². The van der Waals surface area contributed by atoms with Crippen molar-refractivity contribution in [1.82, 2.24) is 9.88 Å². The Labute approximate surface area is 141 Å². The first-order valence-electron chi connectivity index (χ1n) is 7.80. The summed E-state index contributed by atoms with van der Waals surface area (Å²) in [4.78, 5) is 27.9. The van der Waals surface area contributed by atoms with Crippen molar-refractivity contribution in [1.29, 1.82) is 0 Å². The maximum Gasteiger partial charge on any atom is 0.406 e. The number of likely N-dealkylation sites (tertiary alicyclic amines) is 1. The summed E-state index contributed by atoms with van der Waals surface area (Å²) in [5.74, 6) is -2.43. The van der Waals surface area contributed by atoms with Crippen LogP contribution in [0.1, 0.15) is 17.7 Å². The summed E-state index contributed by atoms with van der Waals surface area (Å²) in [6.07, 6.45) is -5.58. The van der Waals surface area contributed by atoms with Crippen LogP contribution in [0.25, 0.3) is 10.9 Å². The van der Waals surface area contributed by atoms with E-state index in [1.54, 1.807) is 6.92 Å². The van der Waals surface area contributed by atoms with Gasteiger partial charge in [-0.25, -0.2) is 0 Å². The monoisotopic (exact) mass is 354 g/mol. The number of carboxylic acids is 1. The molecular formula is C17H17F3N2O3. The molecule has 0 radical (unpaired) electrons. The molecule has 1 atom stereocenters. The summed E-state index contributed by atoms with van der Waals surface area (Å²) in [5.41, 5.74) is -0.535.